The van der Waals surface area contributed by atoms with Crippen molar-refractivity contribution < 1.29 is 14.3 Å². The molecule has 23 heavy (non-hydrogen) atoms. The van der Waals surface area contributed by atoms with E-state index < -0.39 is 0 Å². The molecule has 128 valence electrons. The molecule has 3 atom stereocenters. The van der Waals surface area contributed by atoms with E-state index in [-0.39, 0.29) is 30.5 Å². The fourth-order valence-corrected chi connectivity index (χ4v) is 3.68. The van der Waals surface area contributed by atoms with E-state index in [1.807, 2.05) is 0 Å². The van der Waals surface area contributed by atoms with Crippen molar-refractivity contribution in [1.29, 1.82) is 0 Å². The quantitative estimate of drug-likeness (QED) is 0.812. The van der Waals surface area contributed by atoms with Gasteiger partial charge in [0, 0.05) is 24.6 Å². The number of rotatable bonds is 3. The zero-order valence-corrected chi connectivity index (χ0v) is 14.6. The molecule has 0 spiro atoms. The van der Waals surface area contributed by atoms with Crippen molar-refractivity contribution in [2.75, 3.05) is 19.5 Å². The highest BCUT2D eigenvalue weighted by Crippen LogP contribution is 2.35. The first kappa shape index (κ1) is 18.2. The van der Waals surface area contributed by atoms with E-state index in [9.17, 15) is 4.79 Å². The second-order valence-electron chi connectivity index (χ2n) is 5.95. The number of fused-ring (bicyclic) bond motifs is 1. The van der Waals surface area contributed by atoms with Crippen LogP contribution in [0.5, 0.6) is 5.75 Å². The van der Waals surface area contributed by atoms with E-state index in [0.717, 1.165) is 32.3 Å². The van der Waals surface area contributed by atoms with Gasteiger partial charge in [0.25, 0.3) is 5.91 Å². The lowest BCUT2D eigenvalue weighted by Gasteiger charge is -2.33. The summed E-state index contributed by atoms with van der Waals surface area (Å²) < 4.78 is 11.0. The molecule has 1 amide bonds. The lowest BCUT2D eigenvalue weighted by molar-refractivity contribution is 0.0510. The first-order valence-electron chi connectivity index (χ1n) is 7.65. The smallest absolute Gasteiger partial charge is 0.255 e. The highest BCUT2D eigenvalue weighted by Gasteiger charge is 2.38. The summed E-state index contributed by atoms with van der Waals surface area (Å²) >= 11 is 6.04. The number of carbonyl (C=O) groups excluding carboxylic acids is 1. The Bertz CT molecular complexity index is 583. The number of hydrogen-bond donors (Lipinski definition) is 2. The highest BCUT2D eigenvalue weighted by molar-refractivity contribution is 6.33. The minimum absolute atomic E-state index is 0. The Morgan fingerprint density at radius 3 is 2.91 bits per heavy atom. The van der Waals surface area contributed by atoms with Gasteiger partial charge in [0.15, 0.2) is 0 Å². The number of methoxy groups -OCH3 is 1. The number of nitrogen functional groups attached to an aromatic ring is 1. The number of carbonyl (C=O) groups is 1. The zero-order chi connectivity index (χ0) is 15.7. The molecule has 5 nitrogen and oxygen atoms in total. The number of nitrogens with one attached hydrogen (secondary N) is 1. The average molecular weight is 361 g/mol. The predicted octanol–water partition coefficient (Wildman–Crippen LogP) is 3.04. The van der Waals surface area contributed by atoms with Crippen molar-refractivity contribution in [3.05, 3.63) is 22.7 Å². The van der Waals surface area contributed by atoms with Crippen LogP contribution in [-0.4, -0.2) is 31.8 Å². The van der Waals surface area contributed by atoms with Crippen molar-refractivity contribution in [2.45, 2.75) is 37.8 Å². The van der Waals surface area contributed by atoms with E-state index >= 15 is 0 Å². The van der Waals surface area contributed by atoms with Gasteiger partial charge < -0.3 is 20.5 Å². The highest BCUT2D eigenvalue weighted by atomic mass is 35.5. The predicted molar refractivity (Wildman–Crippen MR) is 92.6 cm³/mol. The molecule has 2 aliphatic rings. The Labute approximate surface area is 147 Å². The molecule has 7 heteroatoms. The summed E-state index contributed by atoms with van der Waals surface area (Å²) in [6.07, 6.45) is 4.45. The van der Waals surface area contributed by atoms with Crippen LogP contribution in [0.3, 0.4) is 0 Å². The van der Waals surface area contributed by atoms with Crippen LogP contribution in [0, 0.1) is 5.92 Å². The molecule has 3 N–H and O–H groups in total. The van der Waals surface area contributed by atoms with E-state index in [0.29, 0.717) is 27.9 Å². The zero-order valence-electron chi connectivity index (χ0n) is 13.0. The maximum Gasteiger partial charge on any atom is 0.255 e. The molecule has 2 fully saturated rings. The summed E-state index contributed by atoms with van der Waals surface area (Å²) in [7, 11) is 1.51. The molecule has 1 heterocycles. The van der Waals surface area contributed by atoms with Crippen molar-refractivity contribution in [3.8, 4) is 5.75 Å². The molecule has 1 aromatic rings. The van der Waals surface area contributed by atoms with Gasteiger partial charge in [-0.05, 0) is 31.7 Å². The molecule has 3 unspecified atom stereocenters. The SMILES string of the molecule is COc1cc(N)c(Cl)cc1C(=O)NC1CCCC2OCCC12.Cl. The fourth-order valence-electron chi connectivity index (χ4n) is 3.52. The van der Waals surface area contributed by atoms with Crippen LogP contribution >= 0.6 is 24.0 Å². The molecule has 1 saturated carbocycles. The second kappa shape index (κ2) is 7.60. The topological polar surface area (TPSA) is 73.6 Å². The number of hydrogen-bond acceptors (Lipinski definition) is 4. The number of halogens is 2. The number of amides is 1. The van der Waals surface area contributed by atoms with Gasteiger partial charge in [-0.1, -0.05) is 11.6 Å². The van der Waals surface area contributed by atoms with Crippen LogP contribution in [0.25, 0.3) is 0 Å². The second-order valence-corrected chi connectivity index (χ2v) is 6.35. The first-order chi connectivity index (χ1) is 10.6. The minimum Gasteiger partial charge on any atom is -0.496 e. The third-order valence-electron chi connectivity index (χ3n) is 4.66. The Morgan fingerprint density at radius 1 is 1.39 bits per heavy atom. The largest absolute Gasteiger partial charge is 0.496 e. The Kier molecular flexibility index (Phi) is 6.00. The van der Waals surface area contributed by atoms with E-state index in [2.05, 4.69) is 5.32 Å². The third-order valence-corrected chi connectivity index (χ3v) is 4.99. The molecular weight excluding hydrogens is 339 g/mol. The van der Waals surface area contributed by atoms with Gasteiger partial charge in [-0.2, -0.15) is 0 Å². The summed E-state index contributed by atoms with van der Waals surface area (Å²) in [4.78, 5) is 12.6. The van der Waals surface area contributed by atoms with Gasteiger partial charge in [0.05, 0.1) is 29.5 Å². The maximum absolute atomic E-state index is 12.6. The molecule has 0 radical (unpaired) electrons. The standard InChI is InChI=1S/C16H21ClN2O3.ClH/c1-21-15-8-12(18)11(17)7-10(15)16(20)19-13-3-2-4-14-9(13)5-6-22-14;/h7-9,13-14H,2-6,18H2,1H3,(H,19,20);1H. The average Bonchev–Trinajstić information content (AvgIpc) is 2.99. The fraction of sp³-hybridized carbons (Fsp3) is 0.562. The number of nitrogens with two attached hydrogens (primary N) is 1. The lowest BCUT2D eigenvalue weighted by Crippen LogP contribution is -2.45. The molecule has 1 aliphatic carbocycles. The summed E-state index contributed by atoms with van der Waals surface area (Å²) in [6, 6.07) is 3.30. The van der Waals surface area contributed by atoms with Gasteiger partial charge in [-0.25, -0.2) is 0 Å². The molecule has 1 aliphatic heterocycles. The lowest BCUT2D eigenvalue weighted by atomic mass is 9.81. The summed E-state index contributed by atoms with van der Waals surface area (Å²) in [6.45, 7) is 0.790. The first-order valence-corrected chi connectivity index (χ1v) is 8.03. The Balaban J connectivity index is 0.00000192. The van der Waals surface area contributed by atoms with Crippen LogP contribution in [0.4, 0.5) is 5.69 Å². The van der Waals surface area contributed by atoms with Crippen molar-refractivity contribution in [3.63, 3.8) is 0 Å². The van der Waals surface area contributed by atoms with Crippen molar-refractivity contribution in [2.24, 2.45) is 5.92 Å². The van der Waals surface area contributed by atoms with Crippen LogP contribution in [0.1, 0.15) is 36.0 Å². The summed E-state index contributed by atoms with van der Waals surface area (Å²) in [5, 5.41) is 3.49. The summed E-state index contributed by atoms with van der Waals surface area (Å²) in [5.41, 5.74) is 6.58. The number of benzene rings is 1. The van der Waals surface area contributed by atoms with Crippen LogP contribution in [0.15, 0.2) is 12.1 Å². The maximum atomic E-state index is 12.6. The van der Waals surface area contributed by atoms with Gasteiger partial charge in [0.2, 0.25) is 0 Å². The third kappa shape index (κ3) is 3.67. The molecule has 1 aromatic carbocycles. The number of ether oxygens (including phenoxy) is 2. The Hall–Kier alpha value is -1.17. The minimum atomic E-state index is -0.170. The normalized spacial score (nSPS) is 26.1. The van der Waals surface area contributed by atoms with E-state index in [4.69, 9.17) is 26.8 Å². The van der Waals surface area contributed by atoms with Gasteiger partial charge in [0.1, 0.15) is 5.75 Å². The molecular formula is C16H22Cl2N2O3. The van der Waals surface area contributed by atoms with Gasteiger partial charge >= 0.3 is 0 Å². The molecule has 0 aromatic heterocycles. The summed E-state index contributed by atoms with van der Waals surface area (Å²) in [5.74, 6) is 0.679. The van der Waals surface area contributed by atoms with Crippen molar-refractivity contribution in [1.82, 2.24) is 5.32 Å². The van der Waals surface area contributed by atoms with Gasteiger partial charge in [-0.15, -0.1) is 12.4 Å². The van der Waals surface area contributed by atoms with Crippen LogP contribution in [0.2, 0.25) is 5.02 Å². The van der Waals surface area contributed by atoms with E-state index in [1.165, 1.54) is 7.11 Å². The molecule has 1 saturated heterocycles. The van der Waals surface area contributed by atoms with Crippen LogP contribution < -0.4 is 15.8 Å². The van der Waals surface area contributed by atoms with Crippen LogP contribution in [-0.2, 0) is 4.74 Å². The number of anilines is 1. The Morgan fingerprint density at radius 2 is 2.17 bits per heavy atom. The molecule has 0 bridgehead atoms. The van der Waals surface area contributed by atoms with Crippen molar-refractivity contribution >= 4 is 35.6 Å². The van der Waals surface area contributed by atoms with Gasteiger partial charge in [-0.3, -0.25) is 4.79 Å². The monoisotopic (exact) mass is 360 g/mol. The van der Waals surface area contributed by atoms with E-state index in [1.54, 1.807) is 12.1 Å². The molecule has 3 rings (SSSR count).